The van der Waals surface area contributed by atoms with Gasteiger partial charge in [-0.05, 0) is 39.8 Å². The highest BCUT2D eigenvalue weighted by atomic mass is 35.5. The Balaban J connectivity index is 0.00000280. The number of rotatable bonds is 4. The summed E-state index contributed by atoms with van der Waals surface area (Å²) >= 11 is 6.16. The molecule has 1 amide bonds. The number of fused-ring (bicyclic) bond motifs is 2. The first-order chi connectivity index (χ1) is 12.9. The maximum absolute atomic E-state index is 13.0. The second-order valence-corrected chi connectivity index (χ2v) is 7.58. The number of nitrogens with one attached hydrogen (secondary N) is 1. The van der Waals surface area contributed by atoms with Crippen molar-refractivity contribution < 1.29 is 14.3 Å². The molecule has 28 heavy (non-hydrogen) atoms. The minimum absolute atomic E-state index is 0. The Bertz CT molecular complexity index is 764. The van der Waals surface area contributed by atoms with Crippen molar-refractivity contribution >= 4 is 35.6 Å². The Morgan fingerprint density at radius 3 is 2.64 bits per heavy atom. The van der Waals surface area contributed by atoms with Crippen LogP contribution in [0.2, 0.25) is 5.02 Å². The fourth-order valence-corrected chi connectivity index (χ4v) is 3.91. The van der Waals surface area contributed by atoms with Gasteiger partial charge in [0.2, 0.25) is 0 Å². The number of halogens is 2. The number of carbonyl (C=O) groups is 1. The normalized spacial score (nSPS) is 24.9. The molecule has 2 bridgehead atoms. The molecule has 3 rings (SSSR count). The summed E-state index contributed by atoms with van der Waals surface area (Å²) in [7, 11) is 2.12. The van der Waals surface area contributed by atoms with E-state index in [1.54, 1.807) is 19.1 Å². The molecule has 2 fully saturated rings. The van der Waals surface area contributed by atoms with Crippen molar-refractivity contribution in [2.75, 3.05) is 26.0 Å². The van der Waals surface area contributed by atoms with Crippen LogP contribution in [0.5, 0.6) is 5.75 Å². The summed E-state index contributed by atoms with van der Waals surface area (Å²) in [5.74, 6) is 5.89. The van der Waals surface area contributed by atoms with E-state index in [2.05, 4.69) is 29.1 Å². The molecule has 3 atom stereocenters. The second-order valence-electron chi connectivity index (χ2n) is 7.18. The Morgan fingerprint density at radius 2 is 2.04 bits per heavy atom. The van der Waals surface area contributed by atoms with Gasteiger partial charge in [-0.1, -0.05) is 17.5 Å². The molecule has 0 radical (unpaired) electrons. The summed E-state index contributed by atoms with van der Waals surface area (Å²) in [5.41, 5.74) is 6.64. The van der Waals surface area contributed by atoms with E-state index in [4.69, 9.17) is 26.8 Å². The summed E-state index contributed by atoms with van der Waals surface area (Å²) in [5, 5.41) is 3.47. The van der Waals surface area contributed by atoms with Crippen LogP contribution in [0.1, 0.15) is 37.0 Å². The maximum atomic E-state index is 13.0. The lowest BCUT2D eigenvalue weighted by atomic mass is 9.90. The summed E-state index contributed by atoms with van der Waals surface area (Å²) in [4.78, 5) is 15.3. The number of ether oxygens (including phenoxy) is 2. The molecular weight excluding hydrogens is 401 g/mol. The average Bonchev–Trinajstić information content (AvgIpc) is 2.59. The number of morpholine rings is 1. The molecule has 0 aromatic heterocycles. The standard InChI is InChI=1S/C20H26ClN3O3.ClH/c1-4-5-12(2)27-19-9-18(22)17(21)8-16(19)20(25)23-13-6-14-10-26-11-15(7-13)24(14)3;/h8-9,12-15H,6-7,10-11,22H2,1-3H3,(H,23,25);1H/t12-,13?,14?,15?;/m0./s1. The number of nitrogens with two attached hydrogens (primary N) is 1. The first kappa shape index (κ1) is 22.6. The molecule has 2 saturated heterocycles. The molecule has 2 unspecified atom stereocenters. The second kappa shape index (κ2) is 9.71. The first-order valence-corrected chi connectivity index (χ1v) is 9.55. The fraction of sp³-hybridized carbons (Fsp3) is 0.550. The molecule has 0 spiro atoms. The van der Waals surface area contributed by atoms with Crippen LogP contribution in [0.15, 0.2) is 12.1 Å². The molecule has 2 heterocycles. The lowest BCUT2D eigenvalue weighted by Crippen LogP contribution is -2.59. The van der Waals surface area contributed by atoms with E-state index in [0.717, 1.165) is 12.8 Å². The van der Waals surface area contributed by atoms with Crippen LogP contribution in [0.4, 0.5) is 5.69 Å². The van der Waals surface area contributed by atoms with Crippen LogP contribution in [0.25, 0.3) is 0 Å². The third-order valence-corrected chi connectivity index (χ3v) is 5.54. The van der Waals surface area contributed by atoms with Gasteiger partial charge < -0.3 is 20.5 Å². The van der Waals surface area contributed by atoms with Crippen LogP contribution in [-0.4, -0.2) is 55.3 Å². The molecule has 2 aliphatic heterocycles. The largest absolute Gasteiger partial charge is 0.477 e. The Hall–Kier alpha value is -1.65. The minimum Gasteiger partial charge on any atom is -0.477 e. The zero-order valence-electron chi connectivity index (χ0n) is 16.3. The van der Waals surface area contributed by atoms with Gasteiger partial charge in [0.15, 0.2) is 6.10 Å². The number of nitrogens with zero attached hydrogens (tertiary/aromatic N) is 1. The lowest BCUT2D eigenvalue weighted by Gasteiger charge is -2.46. The van der Waals surface area contributed by atoms with Crippen molar-refractivity contribution in [2.45, 2.75) is 50.9 Å². The van der Waals surface area contributed by atoms with Crippen LogP contribution in [0, 0.1) is 11.8 Å². The Kier molecular flexibility index (Phi) is 7.85. The first-order valence-electron chi connectivity index (χ1n) is 9.17. The van der Waals surface area contributed by atoms with Gasteiger partial charge in [-0.25, -0.2) is 0 Å². The van der Waals surface area contributed by atoms with Gasteiger partial charge >= 0.3 is 0 Å². The zero-order chi connectivity index (χ0) is 19.6. The lowest BCUT2D eigenvalue weighted by molar-refractivity contribution is -0.0670. The molecule has 0 saturated carbocycles. The van der Waals surface area contributed by atoms with E-state index in [-0.39, 0.29) is 30.5 Å². The number of hydrogen-bond acceptors (Lipinski definition) is 5. The number of amides is 1. The smallest absolute Gasteiger partial charge is 0.255 e. The average molecular weight is 428 g/mol. The van der Waals surface area contributed by atoms with Gasteiger partial charge in [0, 0.05) is 24.2 Å². The van der Waals surface area contributed by atoms with Crippen molar-refractivity contribution in [1.29, 1.82) is 0 Å². The quantitative estimate of drug-likeness (QED) is 0.570. The highest BCUT2D eigenvalue weighted by Gasteiger charge is 2.37. The molecular formula is C20H27Cl2N3O3. The SMILES string of the molecule is CC#C[C@H](C)Oc1cc(N)c(Cl)cc1C(=O)NC1CC2COCC(C1)N2C.Cl. The highest BCUT2D eigenvalue weighted by Crippen LogP contribution is 2.31. The Morgan fingerprint density at radius 1 is 1.39 bits per heavy atom. The molecule has 2 aliphatic rings. The van der Waals surface area contributed by atoms with E-state index in [9.17, 15) is 4.79 Å². The summed E-state index contributed by atoms with van der Waals surface area (Å²) < 4.78 is 11.5. The van der Waals surface area contributed by atoms with Crippen LogP contribution in [0.3, 0.4) is 0 Å². The van der Waals surface area contributed by atoms with E-state index >= 15 is 0 Å². The number of piperidine rings is 1. The van der Waals surface area contributed by atoms with Crippen molar-refractivity contribution in [3.05, 3.63) is 22.7 Å². The van der Waals surface area contributed by atoms with E-state index in [0.29, 0.717) is 47.3 Å². The number of carbonyl (C=O) groups excluding carboxylic acids is 1. The monoisotopic (exact) mass is 427 g/mol. The van der Waals surface area contributed by atoms with E-state index < -0.39 is 0 Å². The van der Waals surface area contributed by atoms with Crippen molar-refractivity contribution in [1.82, 2.24) is 10.2 Å². The number of benzene rings is 1. The van der Waals surface area contributed by atoms with Crippen molar-refractivity contribution in [3.63, 3.8) is 0 Å². The summed E-state index contributed by atoms with van der Waals surface area (Å²) in [6, 6.07) is 3.89. The number of hydrogen-bond donors (Lipinski definition) is 2. The van der Waals surface area contributed by atoms with Crippen LogP contribution in [-0.2, 0) is 4.74 Å². The van der Waals surface area contributed by atoms with Gasteiger partial charge in [-0.2, -0.15) is 0 Å². The summed E-state index contributed by atoms with van der Waals surface area (Å²) in [6.07, 6.45) is 1.35. The van der Waals surface area contributed by atoms with Crippen molar-refractivity contribution in [3.8, 4) is 17.6 Å². The van der Waals surface area contributed by atoms with Gasteiger partial charge in [0.25, 0.3) is 5.91 Å². The number of nitrogen functional groups attached to an aromatic ring is 1. The molecule has 6 nitrogen and oxygen atoms in total. The van der Waals surface area contributed by atoms with Crippen molar-refractivity contribution in [2.24, 2.45) is 0 Å². The third-order valence-electron chi connectivity index (χ3n) is 5.22. The minimum atomic E-state index is -0.359. The maximum Gasteiger partial charge on any atom is 0.255 e. The van der Waals surface area contributed by atoms with Gasteiger partial charge in [0.05, 0.1) is 29.5 Å². The fourth-order valence-electron chi connectivity index (χ4n) is 3.74. The van der Waals surface area contributed by atoms with E-state index in [1.165, 1.54) is 0 Å². The Labute approximate surface area is 177 Å². The molecule has 3 N–H and O–H groups in total. The molecule has 0 aliphatic carbocycles. The summed E-state index contributed by atoms with van der Waals surface area (Å²) in [6.45, 7) is 4.97. The van der Waals surface area contributed by atoms with Crippen LogP contribution < -0.4 is 15.8 Å². The highest BCUT2D eigenvalue weighted by molar-refractivity contribution is 6.33. The van der Waals surface area contributed by atoms with Gasteiger partial charge in [-0.15, -0.1) is 18.3 Å². The molecule has 1 aromatic rings. The number of likely N-dealkylation sites (N-methyl/N-ethyl adjacent to an activating group) is 1. The number of anilines is 1. The molecule has 8 heteroatoms. The molecule has 1 aromatic carbocycles. The predicted octanol–water partition coefficient (Wildman–Crippen LogP) is 2.73. The third kappa shape index (κ3) is 5.03. The van der Waals surface area contributed by atoms with Crippen LogP contribution >= 0.6 is 24.0 Å². The zero-order valence-corrected chi connectivity index (χ0v) is 17.9. The van der Waals surface area contributed by atoms with E-state index in [1.807, 2.05) is 6.92 Å². The van der Waals surface area contributed by atoms with Gasteiger partial charge in [0.1, 0.15) is 5.75 Å². The topological polar surface area (TPSA) is 76.8 Å². The predicted molar refractivity (Wildman–Crippen MR) is 113 cm³/mol. The molecule has 154 valence electrons. The van der Waals surface area contributed by atoms with Gasteiger partial charge in [-0.3, -0.25) is 9.69 Å².